The maximum absolute atomic E-state index is 10.5. The zero-order valence-corrected chi connectivity index (χ0v) is 15.3. The summed E-state index contributed by atoms with van der Waals surface area (Å²) in [6.45, 7) is 8.44. The Labute approximate surface area is 147 Å². The number of esters is 1. The Morgan fingerprint density at radius 1 is 1.29 bits per heavy atom. The minimum atomic E-state index is -0.359. The van der Waals surface area contributed by atoms with Crippen LogP contribution in [0.5, 0.6) is 0 Å². The Hall–Kier alpha value is -2.05. The van der Waals surface area contributed by atoms with E-state index < -0.39 is 0 Å². The molecule has 1 heterocycles. The first-order valence-corrected chi connectivity index (χ1v) is 8.49. The van der Waals surface area contributed by atoms with Gasteiger partial charge in [-0.2, -0.15) is 4.37 Å². The number of benzene rings is 1. The summed E-state index contributed by atoms with van der Waals surface area (Å²) in [6, 6.07) is 8.31. The van der Waals surface area contributed by atoms with Crippen molar-refractivity contribution < 1.29 is 14.3 Å². The molecule has 24 heavy (non-hydrogen) atoms. The molecule has 2 rings (SSSR count). The van der Waals surface area contributed by atoms with Crippen LogP contribution in [0.15, 0.2) is 36.9 Å². The largest absolute Gasteiger partial charge is 0.463 e. The van der Waals surface area contributed by atoms with Gasteiger partial charge in [0.25, 0.3) is 0 Å². The minimum absolute atomic E-state index is 0.359. The van der Waals surface area contributed by atoms with E-state index in [0.29, 0.717) is 13.2 Å². The van der Waals surface area contributed by atoms with Crippen LogP contribution < -0.4 is 0 Å². The van der Waals surface area contributed by atoms with Gasteiger partial charge in [0.2, 0.25) is 0 Å². The fourth-order valence-corrected chi connectivity index (χ4v) is 2.44. The molecule has 2 aromatic rings. The summed E-state index contributed by atoms with van der Waals surface area (Å²) in [7, 11) is 1.65. The van der Waals surface area contributed by atoms with Crippen molar-refractivity contribution in [2.24, 2.45) is 0 Å². The first-order chi connectivity index (χ1) is 11.6. The number of unbranched alkanes of at least 4 members (excludes halogenated alkanes) is 1. The quantitative estimate of drug-likeness (QED) is 0.430. The topological polar surface area (TPSA) is 61.3 Å². The number of methoxy groups -OCH3 is 1. The molecule has 0 aliphatic rings. The van der Waals surface area contributed by atoms with Gasteiger partial charge in [0.05, 0.1) is 6.61 Å². The number of carbonyl (C=O) groups excluding carboxylic acids is 1. The SMILES string of the molecule is C=CC(=O)OCCCCOC.Cc1cccc(-c2nc(C)ns2)c1. The number of carbonyl (C=O) groups is 1. The molecule has 0 fully saturated rings. The number of hydrogen-bond acceptors (Lipinski definition) is 6. The van der Waals surface area contributed by atoms with Gasteiger partial charge in [-0.05, 0) is 44.3 Å². The Morgan fingerprint density at radius 3 is 2.62 bits per heavy atom. The van der Waals surface area contributed by atoms with Crippen LogP contribution in [0.2, 0.25) is 0 Å². The van der Waals surface area contributed by atoms with Gasteiger partial charge in [0, 0.05) is 25.4 Å². The van der Waals surface area contributed by atoms with Crippen LogP contribution in [0.4, 0.5) is 0 Å². The average molecular weight is 348 g/mol. The van der Waals surface area contributed by atoms with Gasteiger partial charge in [-0.1, -0.05) is 30.3 Å². The second-order valence-electron chi connectivity index (χ2n) is 5.09. The van der Waals surface area contributed by atoms with Crippen molar-refractivity contribution in [3.63, 3.8) is 0 Å². The van der Waals surface area contributed by atoms with Gasteiger partial charge in [-0.15, -0.1) is 0 Å². The van der Waals surface area contributed by atoms with Crippen molar-refractivity contribution >= 4 is 17.5 Å². The number of rotatable bonds is 7. The van der Waals surface area contributed by atoms with Crippen molar-refractivity contribution in [1.82, 2.24) is 9.36 Å². The van der Waals surface area contributed by atoms with Crippen molar-refractivity contribution in [1.29, 1.82) is 0 Å². The lowest BCUT2D eigenvalue weighted by Crippen LogP contribution is -2.02. The van der Waals surface area contributed by atoms with Crippen LogP contribution in [0, 0.1) is 13.8 Å². The molecule has 0 aliphatic carbocycles. The predicted molar refractivity (Wildman–Crippen MR) is 97.1 cm³/mol. The number of aryl methyl sites for hydroxylation is 2. The molecular formula is C18H24N2O3S. The zero-order chi connectivity index (χ0) is 17.8. The highest BCUT2D eigenvalue weighted by atomic mass is 32.1. The molecule has 1 aromatic carbocycles. The fraction of sp³-hybridized carbons (Fsp3) is 0.389. The third kappa shape index (κ3) is 7.99. The lowest BCUT2D eigenvalue weighted by Gasteiger charge is -2.00. The first kappa shape index (κ1) is 20.0. The Morgan fingerprint density at radius 2 is 2.04 bits per heavy atom. The van der Waals surface area contributed by atoms with Crippen molar-refractivity contribution in [3.05, 3.63) is 48.3 Å². The van der Waals surface area contributed by atoms with Gasteiger partial charge >= 0.3 is 5.97 Å². The van der Waals surface area contributed by atoms with Crippen LogP contribution in [0.1, 0.15) is 24.2 Å². The summed E-state index contributed by atoms with van der Waals surface area (Å²) in [6.07, 6.45) is 2.92. The molecule has 0 aliphatic heterocycles. The minimum Gasteiger partial charge on any atom is -0.463 e. The molecular weight excluding hydrogens is 324 g/mol. The highest BCUT2D eigenvalue weighted by Crippen LogP contribution is 2.21. The van der Waals surface area contributed by atoms with Crippen LogP contribution >= 0.6 is 11.5 Å². The number of hydrogen-bond donors (Lipinski definition) is 0. The number of nitrogens with zero attached hydrogens (tertiary/aromatic N) is 2. The molecule has 0 amide bonds. The highest BCUT2D eigenvalue weighted by molar-refractivity contribution is 7.09. The molecule has 0 saturated carbocycles. The van der Waals surface area contributed by atoms with Crippen molar-refractivity contribution in [2.45, 2.75) is 26.7 Å². The summed E-state index contributed by atoms with van der Waals surface area (Å²) in [5.74, 6) is 0.490. The maximum Gasteiger partial charge on any atom is 0.330 e. The predicted octanol–water partition coefficient (Wildman–Crippen LogP) is 3.96. The molecule has 130 valence electrons. The molecule has 6 heteroatoms. The Balaban J connectivity index is 0.000000245. The van der Waals surface area contributed by atoms with Gasteiger partial charge in [0.1, 0.15) is 10.8 Å². The van der Waals surface area contributed by atoms with Crippen LogP contribution in [0.25, 0.3) is 10.6 Å². The van der Waals surface area contributed by atoms with E-state index in [1.54, 1.807) is 7.11 Å². The van der Waals surface area contributed by atoms with Gasteiger partial charge in [0.15, 0.2) is 0 Å². The normalized spacial score (nSPS) is 9.79. The third-order valence-electron chi connectivity index (χ3n) is 2.95. The molecule has 0 unspecified atom stereocenters. The summed E-state index contributed by atoms with van der Waals surface area (Å²) in [5.41, 5.74) is 2.41. The summed E-state index contributed by atoms with van der Waals surface area (Å²) < 4.78 is 13.7. The van der Waals surface area contributed by atoms with E-state index in [1.807, 2.05) is 13.0 Å². The van der Waals surface area contributed by atoms with Gasteiger partial charge in [-0.3, -0.25) is 0 Å². The monoisotopic (exact) mass is 348 g/mol. The van der Waals surface area contributed by atoms with E-state index in [4.69, 9.17) is 9.47 Å². The summed E-state index contributed by atoms with van der Waals surface area (Å²) in [5, 5.41) is 1.00. The van der Waals surface area contributed by atoms with Gasteiger partial charge < -0.3 is 9.47 Å². The lowest BCUT2D eigenvalue weighted by atomic mass is 10.1. The van der Waals surface area contributed by atoms with Crippen LogP contribution in [-0.4, -0.2) is 35.7 Å². The molecule has 0 atom stereocenters. The Bertz CT molecular complexity index is 641. The molecule has 0 saturated heterocycles. The first-order valence-electron chi connectivity index (χ1n) is 7.72. The third-order valence-corrected chi connectivity index (χ3v) is 3.80. The Kier molecular flexibility index (Phi) is 9.56. The smallest absolute Gasteiger partial charge is 0.330 e. The van der Waals surface area contributed by atoms with Crippen LogP contribution in [0.3, 0.4) is 0 Å². The second kappa shape index (κ2) is 11.5. The highest BCUT2D eigenvalue weighted by Gasteiger charge is 2.02. The van der Waals surface area contributed by atoms with Crippen LogP contribution in [-0.2, 0) is 14.3 Å². The fourth-order valence-electron chi connectivity index (χ4n) is 1.77. The van der Waals surface area contributed by atoms with Crippen molar-refractivity contribution in [3.8, 4) is 10.6 Å². The average Bonchev–Trinajstić information content (AvgIpc) is 3.01. The molecule has 0 N–H and O–H groups in total. The van der Waals surface area contributed by atoms with Gasteiger partial charge in [-0.25, -0.2) is 9.78 Å². The van der Waals surface area contributed by atoms with E-state index in [9.17, 15) is 4.79 Å². The molecule has 1 aromatic heterocycles. The second-order valence-corrected chi connectivity index (χ2v) is 5.84. The van der Waals surface area contributed by atoms with E-state index >= 15 is 0 Å². The van der Waals surface area contributed by atoms with E-state index in [1.165, 1.54) is 17.1 Å². The van der Waals surface area contributed by atoms with E-state index in [-0.39, 0.29) is 5.97 Å². The lowest BCUT2D eigenvalue weighted by molar-refractivity contribution is -0.137. The molecule has 5 nitrogen and oxygen atoms in total. The molecule has 0 bridgehead atoms. The molecule has 0 radical (unpaired) electrons. The zero-order valence-electron chi connectivity index (χ0n) is 14.4. The number of aromatic nitrogens is 2. The summed E-state index contributed by atoms with van der Waals surface area (Å²) >= 11 is 1.45. The standard InChI is InChI=1S/C10H10N2S.C8H14O3/c1-7-4-3-5-9(6-7)10-11-8(2)12-13-10;1-3-8(9)11-7-5-4-6-10-2/h3-6H,1-2H3;3H,1,4-7H2,2H3. The maximum atomic E-state index is 10.5. The molecule has 0 spiro atoms. The van der Waals surface area contributed by atoms with E-state index in [2.05, 4.69) is 41.1 Å². The van der Waals surface area contributed by atoms with E-state index in [0.717, 1.165) is 35.3 Å². The van der Waals surface area contributed by atoms with Crippen molar-refractivity contribution in [2.75, 3.05) is 20.3 Å². The summed E-state index contributed by atoms with van der Waals surface area (Å²) in [4.78, 5) is 14.8. The number of ether oxygens (including phenoxy) is 2.